The molecule has 0 aliphatic heterocycles. The Balaban J connectivity index is 1.67. The largest absolute Gasteiger partial charge is 0.337 e. The quantitative estimate of drug-likeness (QED) is 0.417. The molecular weight excluding hydrogens is 411 g/mol. The van der Waals surface area contributed by atoms with Gasteiger partial charge in [0.2, 0.25) is 0 Å². The highest BCUT2D eigenvalue weighted by atomic mass is 35.5. The fourth-order valence-electron chi connectivity index (χ4n) is 3.10. The minimum absolute atomic E-state index is 0.280. The molecule has 0 fully saturated rings. The van der Waals surface area contributed by atoms with E-state index in [-0.39, 0.29) is 5.91 Å². The normalized spacial score (nSPS) is 11.1. The molecule has 0 N–H and O–H groups in total. The average molecular weight is 429 g/mol. The molecule has 148 valence electrons. The zero-order chi connectivity index (χ0) is 20.4. The van der Waals surface area contributed by atoms with Crippen LogP contribution in [0.1, 0.15) is 22.3 Å². The number of benzene rings is 2. The number of imidazole rings is 1. The maximum Gasteiger partial charge on any atom is 0.260 e. The molecule has 2 heterocycles. The molecule has 2 aromatic carbocycles. The Hall–Kier alpha value is -2.77. The lowest BCUT2D eigenvalue weighted by Crippen LogP contribution is -2.32. The summed E-state index contributed by atoms with van der Waals surface area (Å²) in [6.45, 7) is 3.06. The molecule has 0 aliphatic rings. The molecule has 1 amide bonds. The maximum absolute atomic E-state index is 13.7. The van der Waals surface area contributed by atoms with Gasteiger partial charge < -0.3 is 4.57 Å². The van der Waals surface area contributed by atoms with Crippen LogP contribution in [0, 0.1) is 12.7 Å². The molecule has 0 atom stereocenters. The lowest BCUT2D eigenvalue weighted by molar-refractivity contribution is 0.0986. The number of hydrogen-bond donors (Lipinski definition) is 0. The van der Waals surface area contributed by atoms with Crippen LogP contribution in [0.15, 0.2) is 55.1 Å². The molecule has 0 saturated heterocycles. The van der Waals surface area contributed by atoms with Gasteiger partial charge in [-0.15, -0.1) is 0 Å². The summed E-state index contributed by atoms with van der Waals surface area (Å²) >= 11 is 7.65. The standard InChI is InChI=1S/C21H18ClFN4OS/c1-14-17(22)6-7-18-19(14)25-21(29-18)27(10-3-9-26-11-8-24-13-26)20(28)15-4-2-5-16(23)12-15/h2,4-8,11-13H,3,9-10H2,1H3. The number of aromatic nitrogens is 3. The third-order valence-electron chi connectivity index (χ3n) is 4.64. The average Bonchev–Trinajstić information content (AvgIpc) is 3.38. The van der Waals surface area contributed by atoms with Crippen LogP contribution in [0.2, 0.25) is 5.02 Å². The molecule has 0 bridgehead atoms. The number of fused-ring (bicyclic) bond motifs is 1. The van der Waals surface area contributed by atoms with E-state index in [2.05, 4.69) is 9.97 Å². The van der Waals surface area contributed by atoms with E-state index < -0.39 is 5.82 Å². The minimum Gasteiger partial charge on any atom is -0.337 e. The fourth-order valence-corrected chi connectivity index (χ4v) is 4.30. The van der Waals surface area contributed by atoms with E-state index >= 15 is 0 Å². The minimum atomic E-state index is -0.443. The molecule has 4 rings (SSSR count). The van der Waals surface area contributed by atoms with Gasteiger partial charge in [-0.3, -0.25) is 9.69 Å². The Bertz CT molecular complexity index is 1160. The third-order valence-corrected chi connectivity index (χ3v) is 6.09. The third kappa shape index (κ3) is 4.16. The summed E-state index contributed by atoms with van der Waals surface area (Å²) in [7, 11) is 0. The second-order valence-corrected chi connectivity index (χ2v) is 8.05. The van der Waals surface area contributed by atoms with Crippen molar-refractivity contribution in [2.75, 3.05) is 11.4 Å². The number of rotatable bonds is 6. The highest BCUT2D eigenvalue weighted by Gasteiger charge is 2.22. The number of aryl methyl sites for hydroxylation is 2. The molecule has 4 aromatic rings. The molecular formula is C21H18ClFN4OS. The van der Waals surface area contributed by atoms with Gasteiger partial charge in [0.25, 0.3) is 5.91 Å². The first-order valence-electron chi connectivity index (χ1n) is 9.12. The van der Waals surface area contributed by atoms with Gasteiger partial charge in [0, 0.05) is 36.1 Å². The van der Waals surface area contributed by atoms with Crippen LogP contribution in [0.4, 0.5) is 9.52 Å². The van der Waals surface area contributed by atoms with Gasteiger partial charge in [-0.2, -0.15) is 0 Å². The molecule has 5 nitrogen and oxygen atoms in total. The first-order valence-corrected chi connectivity index (χ1v) is 10.3. The molecule has 0 aliphatic carbocycles. The number of hydrogen-bond acceptors (Lipinski definition) is 4. The molecule has 0 radical (unpaired) electrons. The zero-order valence-electron chi connectivity index (χ0n) is 15.7. The van der Waals surface area contributed by atoms with Crippen LogP contribution < -0.4 is 4.90 Å². The van der Waals surface area contributed by atoms with E-state index in [0.717, 1.165) is 15.8 Å². The summed E-state index contributed by atoms with van der Waals surface area (Å²) in [5, 5.41) is 1.21. The number of carbonyl (C=O) groups is 1. The lowest BCUT2D eigenvalue weighted by atomic mass is 10.2. The van der Waals surface area contributed by atoms with Crippen molar-refractivity contribution in [3.63, 3.8) is 0 Å². The van der Waals surface area contributed by atoms with Crippen molar-refractivity contribution in [1.82, 2.24) is 14.5 Å². The Labute approximate surface area is 176 Å². The fraction of sp³-hybridized carbons (Fsp3) is 0.190. The topological polar surface area (TPSA) is 51.0 Å². The highest BCUT2D eigenvalue weighted by molar-refractivity contribution is 7.22. The molecule has 0 unspecified atom stereocenters. The second-order valence-electron chi connectivity index (χ2n) is 6.64. The van der Waals surface area contributed by atoms with Crippen molar-refractivity contribution in [2.45, 2.75) is 19.9 Å². The maximum atomic E-state index is 13.7. The van der Waals surface area contributed by atoms with Gasteiger partial charge in [-0.1, -0.05) is 29.0 Å². The van der Waals surface area contributed by atoms with Crippen LogP contribution in [0.25, 0.3) is 10.2 Å². The predicted molar refractivity (Wildman–Crippen MR) is 114 cm³/mol. The Morgan fingerprint density at radius 2 is 2.17 bits per heavy atom. The van der Waals surface area contributed by atoms with Gasteiger partial charge in [-0.25, -0.2) is 14.4 Å². The van der Waals surface area contributed by atoms with Gasteiger partial charge in [0.1, 0.15) is 5.82 Å². The highest BCUT2D eigenvalue weighted by Crippen LogP contribution is 2.34. The summed E-state index contributed by atoms with van der Waals surface area (Å²) in [5.74, 6) is -0.723. The van der Waals surface area contributed by atoms with Crippen molar-refractivity contribution >= 4 is 44.2 Å². The van der Waals surface area contributed by atoms with Crippen LogP contribution in [0.3, 0.4) is 0 Å². The van der Waals surface area contributed by atoms with Gasteiger partial charge in [0.15, 0.2) is 5.13 Å². The van der Waals surface area contributed by atoms with Gasteiger partial charge in [-0.05, 0) is 49.2 Å². The molecule has 8 heteroatoms. The monoisotopic (exact) mass is 428 g/mol. The summed E-state index contributed by atoms with van der Waals surface area (Å²) in [6.07, 6.45) is 6.03. The molecule has 0 saturated carbocycles. The van der Waals surface area contributed by atoms with Crippen LogP contribution in [-0.2, 0) is 6.54 Å². The first-order chi connectivity index (χ1) is 14.0. The summed E-state index contributed by atoms with van der Waals surface area (Å²) in [4.78, 5) is 23.5. The Kier molecular flexibility index (Phi) is 5.60. The summed E-state index contributed by atoms with van der Waals surface area (Å²) in [5.41, 5.74) is 1.95. The molecule has 29 heavy (non-hydrogen) atoms. The van der Waals surface area contributed by atoms with Crippen molar-refractivity contribution in [3.8, 4) is 0 Å². The van der Waals surface area contributed by atoms with Crippen molar-refractivity contribution < 1.29 is 9.18 Å². The van der Waals surface area contributed by atoms with E-state index in [1.807, 2.05) is 29.8 Å². The van der Waals surface area contributed by atoms with E-state index in [9.17, 15) is 9.18 Å². The number of carbonyl (C=O) groups excluding carboxylic acids is 1. The Morgan fingerprint density at radius 3 is 2.93 bits per heavy atom. The number of nitrogens with zero attached hydrogens (tertiary/aromatic N) is 4. The van der Waals surface area contributed by atoms with Crippen LogP contribution in [0.5, 0.6) is 0 Å². The van der Waals surface area contributed by atoms with Gasteiger partial charge >= 0.3 is 0 Å². The second kappa shape index (κ2) is 8.31. The first kappa shape index (κ1) is 19.5. The lowest BCUT2D eigenvalue weighted by Gasteiger charge is -2.20. The van der Waals surface area contributed by atoms with E-state index in [0.29, 0.717) is 35.2 Å². The SMILES string of the molecule is Cc1c(Cl)ccc2sc(N(CCCn3ccnc3)C(=O)c3cccc(F)c3)nc12. The smallest absolute Gasteiger partial charge is 0.260 e. The summed E-state index contributed by atoms with van der Waals surface area (Å²) < 4.78 is 16.6. The van der Waals surface area contributed by atoms with Crippen LogP contribution >= 0.6 is 22.9 Å². The number of thiazole rings is 1. The van der Waals surface area contributed by atoms with E-state index in [4.69, 9.17) is 11.6 Å². The summed E-state index contributed by atoms with van der Waals surface area (Å²) in [6, 6.07) is 9.46. The number of anilines is 1. The zero-order valence-corrected chi connectivity index (χ0v) is 17.3. The molecule has 2 aromatic heterocycles. The number of amides is 1. The van der Waals surface area contributed by atoms with Crippen molar-refractivity contribution in [2.24, 2.45) is 0 Å². The van der Waals surface area contributed by atoms with E-state index in [1.165, 1.54) is 29.5 Å². The van der Waals surface area contributed by atoms with Crippen molar-refractivity contribution in [1.29, 1.82) is 0 Å². The number of halogens is 2. The Morgan fingerprint density at radius 1 is 1.31 bits per heavy atom. The molecule has 0 spiro atoms. The van der Waals surface area contributed by atoms with Gasteiger partial charge in [0.05, 0.1) is 16.5 Å². The predicted octanol–water partition coefficient (Wildman–Crippen LogP) is 5.33. The van der Waals surface area contributed by atoms with E-state index in [1.54, 1.807) is 23.5 Å². The van der Waals surface area contributed by atoms with Crippen molar-refractivity contribution in [3.05, 3.63) is 77.1 Å². The van der Waals surface area contributed by atoms with Crippen LogP contribution in [-0.4, -0.2) is 27.0 Å².